The molecule has 1 aliphatic rings. The van der Waals surface area contributed by atoms with Gasteiger partial charge < -0.3 is 14.5 Å². The molecule has 6 heteroatoms. The molecule has 6 nitrogen and oxygen atoms in total. The summed E-state index contributed by atoms with van der Waals surface area (Å²) in [5.41, 5.74) is 0.890. The first-order valence-corrected chi connectivity index (χ1v) is 5.49. The molecule has 1 saturated heterocycles. The number of rotatable bonds is 2. The summed E-state index contributed by atoms with van der Waals surface area (Å²) >= 11 is 0. The summed E-state index contributed by atoms with van der Waals surface area (Å²) in [7, 11) is 0. The Morgan fingerprint density at radius 2 is 2.18 bits per heavy atom. The van der Waals surface area contributed by atoms with E-state index in [1.165, 1.54) is 4.90 Å². The Hall–Kier alpha value is -1.85. The number of carbonyl (C=O) groups is 2. The van der Waals surface area contributed by atoms with Gasteiger partial charge in [0.1, 0.15) is 17.4 Å². The van der Waals surface area contributed by atoms with Gasteiger partial charge in [0, 0.05) is 6.54 Å². The van der Waals surface area contributed by atoms with Crippen LogP contribution in [0.4, 0.5) is 0 Å². The predicted molar refractivity (Wildman–Crippen MR) is 57.7 cm³/mol. The van der Waals surface area contributed by atoms with E-state index in [-0.39, 0.29) is 5.91 Å². The van der Waals surface area contributed by atoms with Crippen LogP contribution in [0.3, 0.4) is 0 Å². The Kier molecular flexibility index (Phi) is 2.87. The van der Waals surface area contributed by atoms with Crippen LogP contribution in [-0.2, 0) is 4.79 Å². The summed E-state index contributed by atoms with van der Waals surface area (Å²) in [6.45, 7) is 3.80. The fraction of sp³-hybridized carbons (Fsp3) is 0.545. The van der Waals surface area contributed by atoms with Gasteiger partial charge in [-0.15, -0.1) is 0 Å². The van der Waals surface area contributed by atoms with E-state index < -0.39 is 12.0 Å². The number of aromatic nitrogens is 1. The van der Waals surface area contributed by atoms with Gasteiger partial charge in [-0.1, -0.05) is 5.16 Å². The molecule has 0 aromatic carbocycles. The van der Waals surface area contributed by atoms with Crippen LogP contribution in [0, 0.1) is 13.8 Å². The fourth-order valence-corrected chi connectivity index (χ4v) is 2.20. The normalized spacial score (nSPS) is 19.6. The van der Waals surface area contributed by atoms with Gasteiger partial charge >= 0.3 is 5.97 Å². The zero-order valence-electron chi connectivity index (χ0n) is 9.77. The van der Waals surface area contributed by atoms with Crippen molar-refractivity contribution in [3.8, 4) is 0 Å². The SMILES string of the molecule is Cc1noc(C)c1C(=O)N1CCC[C@@H]1C(=O)O. The monoisotopic (exact) mass is 238 g/mol. The molecule has 1 atom stereocenters. The summed E-state index contributed by atoms with van der Waals surface area (Å²) < 4.78 is 4.93. The Balaban J connectivity index is 2.29. The van der Waals surface area contributed by atoms with Crippen molar-refractivity contribution in [3.05, 3.63) is 17.0 Å². The number of nitrogens with zero attached hydrogens (tertiary/aromatic N) is 2. The third-order valence-electron chi connectivity index (χ3n) is 3.05. The number of hydrogen-bond acceptors (Lipinski definition) is 4. The molecule has 1 aromatic rings. The van der Waals surface area contributed by atoms with E-state index in [0.29, 0.717) is 36.4 Å². The van der Waals surface area contributed by atoms with Gasteiger partial charge in [0.2, 0.25) is 0 Å². The van der Waals surface area contributed by atoms with Crippen molar-refractivity contribution in [1.82, 2.24) is 10.1 Å². The van der Waals surface area contributed by atoms with E-state index in [9.17, 15) is 9.59 Å². The molecule has 17 heavy (non-hydrogen) atoms. The van der Waals surface area contributed by atoms with Crippen LogP contribution < -0.4 is 0 Å². The minimum absolute atomic E-state index is 0.300. The second-order valence-electron chi connectivity index (χ2n) is 4.19. The Morgan fingerprint density at radius 3 is 2.71 bits per heavy atom. The summed E-state index contributed by atoms with van der Waals surface area (Å²) in [6, 6.07) is -0.726. The smallest absolute Gasteiger partial charge is 0.326 e. The number of carboxylic acids is 1. The zero-order chi connectivity index (χ0) is 12.6. The second kappa shape index (κ2) is 4.20. The molecule has 1 aromatic heterocycles. The van der Waals surface area contributed by atoms with E-state index in [4.69, 9.17) is 9.63 Å². The summed E-state index contributed by atoms with van der Waals surface area (Å²) in [5, 5.41) is 12.7. The lowest BCUT2D eigenvalue weighted by Crippen LogP contribution is -2.40. The maximum Gasteiger partial charge on any atom is 0.326 e. The molecule has 0 saturated carbocycles. The van der Waals surface area contributed by atoms with Crippen LogP contribution >= 0.6 is 0 Å². The molecule has 0 bridgehead atoms. The third kappa shape index (κ3) is 1.90. The molecule has 0 radical (unpaired) electrons. The summed E-state index contributed by atoms with van der Waals surface area (Å²) in [6.07, 6.45) is 1.22. The van der Waals surface area contributed by atoms with Gasteiger partial charge in [-0.05, 0) is 26.7 Å². The lowest BCUT2D eigenvalue weighted by molar-refractivity contribution is -0.141. The number of hydrogen-bond donors (Lipinski definition) is 1. The molecule has 0 unspecified atom stereocenters. The number of aliphatic carboxylic acids is 1. The summed E-state index contributed by atoms with van der Waals surface area (Å²) in [5.74, 6) is -0.822. The van der Waals surface area contributed by atoms with Crippen LogP contribution in [0.2, 0.25) is 0 Å². The molecule has 2 heterocycles. The number of amides is 1. The molecular formula is C11H14N2O4. The minimum Gasteiger partial charge on any atom is -0.480 e. The average molecular weight is 238 g/mol. The molecule has 0 spiro atoms. The van der Waals surface area contributed by atoms with Gasteiger partial charge in [-0.3, -0.25) is 4.79 Å². The van der Waals surface area contributed by atoms with Gasteiger partial charge in [0.05, 0.1) is 5.69 Å². The van der Waals surface area contributed by atoms with Crippen molar-refractivity contribution in [2.24, 2.45) is 0 Å². The number of carboxylic acid groups (broad SMARTS) is 1. The average Bonchev–Trinajstić information content (AvgIpc) is 2.85. The molecule has 1 N–H and O–H groups in total. The van der Waals surface area contributed by atoms with Gasteiger partial charge in [-0.25, -0.2) is 4.79 Å². The molecule has 1 amide bonds. The molecule has 1 aliphatic heterocycles. The summed E-state index contributed by atoms with van der Waals surface area (Å²) in [4.78, 5) is 24.6. The van der Waals surface area contributed by atoms with Gasteiger partial charge in [0.25, 0.3) is 5.91 Å². The van der Waals surface area contributed by atoms with Crippen molar-refractivity contribution >= 4 is 11.9 Å². The quantitative estimate of drug-likeness (QED) is 0.830. The van der Waals surface area contributed by atoms with Crippen molar-refractivity contribution in [2.75, 3.05) is 6.54 Å². The maximum absolute atomic E-state index is 12.2. The van der Waals surface area contributed by atoms with E-state index in [2.05, 4.69) is 5.16 Å². The Morgan fingerprint density at radius 1 is 1.47 bits per heavy atom. The van der Waals surface area contributed by atoms with E-state index in [1.807, 2.05) is 0 Å². The van der Waals surface area contributed by atoms with Crippen LogP contribution in [0.1, 0.15) is 34.7 Å². The van der Waals surface area contributed by atoms with Crippen molar-refractivity contribution < 1.29 is 19.2 Å². The zero-order valence-corrected chi connectivity index (χ0v) is 9.77. The third-order valence-corrected chi connectivity index (χ3v) is 3.05. The lowest BCUT2D eigenvalue weighted by atomic mass is 10.1. The van der Waals surface area contributed by atoms with Crippen molar-refractivity contribution in [2.45, 2.75) is 32.7 Å². The Bertz CT molecular complexity index is 447. The topological polar surface area (TPSA) is 83.6 Å². The predicted octanol–water partition coefficient (Wildman–Crippen LogP) is 0.981. The number of likely N-dealkylation sites (tertiary alicyclic amines) is 1. The van der Waals surface area contributed by atoms with Crippen LogP contribution in [0.15, 0.2) is 4.52 Å². The van der Waals surface area contributed by atoms with Crippen LogP contribution in [0.5, 0.6) is 0 Å². The highest BCUT2D eigenvalue weighted by atomic mass is 16.5. The van der Waals surface area contributed by atoms with E-state index in [0.717, 1.165) is 0 Å². The highest BCUT2D eigenvalue weighted by Crippen LogP contribution is 2.23. The molecule has 92 valence electrons. The van der Waals surface area contributed by atoms with E-state index >= 15 is 0 Å². The molecule has 2 rings (SSSR count). The number of aryl methyl sites for hydroxylation is 2. The maximum atomic E-state index is 12.2. The Labute approximate surface area is 98.2 Å². The van der Waals surface area contributed by atoms with E-state index in [1.54, 1.807) is 13.8 Å². The largest absolute Gasteiger partial charge is 0.480 e. The molecule has 1 fully saturated rings. The standard InChI is InChI=1S/C11H14N2O4/c1-6-9(7(2)17-12-6)10(14)13-5-3-4-8(13)11(15)16/h8H,3-5H2,1-2H3,(H,15,16)/t8-/m1/s1. The first kappa shape index (κ1) is 11.6. The molecular weight excluding hydrogens is 224 g/mol. The highest BCUT2D eigenvalue weighted by Gasteiger charge is 2.36. The van der Waals surface area contributed by atoms with Crippen LogP contribution in [0.25, 0.3) is 0 Å². The minimum atomic E-state index is -0.956. The van der Waals surface area contributed by atoms with Crippen LogP contribution in [-0.4, -0.2) is 39.6 Å². The first-order valence-electron chi connectivity index (χ1n) is 5.49. The van der Waals surface area contributed by atoms with Crippen molar-refractivity contribution in [1.29, 1.82) is 0 Å². The second-order valence-corrected chi connectivity index (χ2v) is 4.19. The lowest BCUT2D eigenvalue weighted by Gasteiger charge is -2.21. The van der Waals surface area contributed by atoms with Crippen molar-refractivity contribution in [3.63, 3.8) is 0 Å². The number of carbonyl (C=O) groups excluding carboxylic acids is 1. The first-order chi connectivity index (χ1) is 8.02. The highest BCUT2D eigenvalue weighted by molar-refractivity contribution is 5.98. The van der Waals surface area contributed by atoms with Gasteiger partial charge in [-0.2, -0.15) is 0 Å². The fourth-order valence-electron chi connectivity index (χ4n) is 2.20. The van der Waals surface area contributed by atoms with Gasteiger partial charge in [0.15, 0.2) is 0 Å². The molecule has 0 aliphatic carbocycles.